The third-order valence-electron chi connectivity index (χ3n) is 2.18. The Bertz CT molecular complexity index is 229. The van der Waals surface area contributed by atoms with Crippen molar-refractivity contribution in [2.75, 3.05) is 0 Å². The second-order valence-corrected chi connectivity index (χ2v) is 4.49. The van der Waals surface area contributed by atoms with Crippen LogP contribution in [0, 0.1) is 0 Å². The summed E-state index contributed by atoms with van der Waals surface area (Å²) in [7, 11) is 0. The van der Waals surface area contributed by atoms with Gasteiger partial charge in [-0.25, -0.2) is 0 Å². The number of hydrogen-bond acceptors (Lipinski definition) is 1. The molecule has 1 heterocycles. The van der Waals surface area contributed by atoms with E-state index in [0.29, 0.717) is 5.88 Å². The molecule has 0 N–H and O–H groups in total. The van der Waals surface area contributed by atoms with Crippen molar-refractivity contribution in [3.8, 4) is 0 Å². The molecule has 0 fully saturated rings. The van der Waals surface area contributed by atoms with Crippen molar-refractivity contribution in [2.24, 2.45) is 0 Å². The number of rotatable bonds is 1. The summed E-state index contributed by atoms with van der Waals surface area (Å²) < 4.78 is 0. The van der Waals surface area contributed by atoms with E-state index in [1.54, 1.807) is 10.4 Å². The van der Waals surface area contributed by atoms with Gasteiger partial charge in [-0.2, -0.15) is 0 Å². The summed E-state index contributed by atoms with van der Waals surface area (Å²) >= 11 is 7.66. The quantitative estimate of drug-likeness (QED) is 0.590. The number of thiophene rings is 1. The van der Waals surface area contributed by atoms with Crippen molar-refractivity contribution in [1.29, 1.82) is 0 Å². The Kier molecular flexibility index (Phi) is 2.19. The van der Waals surface area contributed by atoms with Crippen molar-refractivity contribution < 1.29 is 0 Å². The highest BCUT2D eigenvalue weighted by molar-refractivity contribution is 7.12. The highest BCUT2D eigenvalue weighted by atomic mass is 35.5. The lowest BCUT2D eigenvalue weighted by Gasteiger charge is -2.08. The van der Waals surface area contributed by atoms with Crippen LogP contribution in [0.3, 0.4) is 0 Å². The van der Waals surface area contributed by atoms with Gasteiger partial charge < -0.3 is 0 Å². The zero-order valence-electron chi connectivity index (χ0n) is 6.40. The molecular weight excluding hydrogens is 176 g/mol. The lowest BCUT2D eigenvalue weighted by Crippen LogP contribution is -1.96. The van der Waals surface area contributed by atoms with Gasteiger partial charge in [-0.3, -0.25) is 0 Å². The first-order valence-electron chi connectivity index (χ1n) is 4.06. The Balaban J connectivity index is 2.32. The summed E-state index contributed by atoms with van der Waals surface area (Å²) in [5.41, 5.74) is 1.57. The van der Waals surface area contributed by atoms with Gasteiger partial charge in [-0.05, 0) is 37.3 Å². The summed E-state index contributed by atoms with van der Waals surface area (Å²) in [4.78, 5) is 2.94. The summed E-state index contributed by atoms with van der Waals surface area (Å²) in [5.74, 6) is 0.692. The van der Waals surface area contributed by atoms with Crippen molar-refractivity contribution in [2.45, 2.75) is 31.6 Å². The molecule has 2 heteroatoms. The molecule has 0 spiro atoms. The van der Waals surface area contributed by atoms with Crippen LogP contribution >= 0.6 is 22.9 Å². The van der Waals surface area contributed by atoms with Gasteiger partial charge in [0, 0.05) is 9.75 Å². The van der Waals surface area contributed by atoms with Crippen LogP contribution in [0.25, 0.3) is 0 Å². The van der Waals surface area contributed by atoms with Gasteiger partial charge >= 0.3 is 0 Å². The van der Waals surface area contributed by atoms with Crippen LogP contribution < -0.4 is 0 Å². The summed E-state index contributed by atoms with van der Waals surface area (Å²) in [6.45, 7) is 0. The molecule has 60 valence electrons. The zero-order valence-corrected chi connectivity index (χ0v) is 7.97. The predicted molar refractivity (Wildman–Crippen MR) is 50.5 cm³/mol. The molecule has 0 radical (unpaired) electrons. The van der Waals surface area contributed by atoms with E-state index in [2.05, 4.69) is 6.07 Å². The fraction of sp³-hybridized carbons (Fsp3) is 0.556. The largest absolute Gasteiger partial charge is 0.144 e. The lowest BCUT2D eigenvalue weighted by molar-refractivity contribution is 0.697. The van der Waals surface area contributed by atoms with Crippen molar-refractivity contribution in [3.63, 3.8) is 0 Å². The van der Waals surface area contributed by atoms with Crippen molar-refractivity contribution >= 4 is 22.9 Å². The predicted octanol–water partition coefficient (Wildman–Crippen LogP) is 3.37. The van der Waals surface area contributed by atoms with Gasteiger partial charge in [0.15, 0.2) is 0 Å². The molecule has 1 aromatic rings. The van der Waals surface area contributed by atoms with E-state index >= 15 is 0 Å². The van der Waals surface area contributed by atoms with Crippen LogP contribution in [0.15, 0.2) is 6.07 Å². The monoisotopic (exact) mass is 186 g/mol. The summed E-state index contributed by atoms with van der Waals surface area (Å²) in [6.07, 6.45) is 5.31. The molecule has 1 aromatic heterocycles. The molecule has 0 amide bonds. The Morgan fingerprint density at radius 2 is 2.18 bits per heavy atom. The molecule has 1 aliphatic carbocycles. The highest BCUT2D eigenvalue weighted by Crippen LogP contribution is 2.30. The van der Waals surface area contributed by atoms with Gasteiger partial charge in [0.2, 0.25) is 0 Å². The molecular formula is C9H11ClS. The minimum atomic E-state index is 0.692. The van der Waals surface area contributed by atoms with Crippen LogP contribution in [-0.2, 0) is 18.7 Å². The maximum Gasteiger partial charge on any atom is 0.0568 e. The van der Waals surface area contributed by atoms with Crippen molar-refractivity contribution in [3.05, 3.63) is 21.4 Å². The third kappa shape index (κ3) is 1.45. The molecule has 11 heavy (non-hydrogen) atoms. The second-order valence-electron chi connectivity index (χ2n) is 3.00. The Morgan fingerprint density at radius 1 is 1.36 bits per heavy atom. The number of hydrogen-bond donors (Lipinski definition) is 0. The molecule has 0 unspecified atom stereocenters. The third-order valence-corrected chi connectivity index (χ3v) is 3.86. The minimum absolute atomic E-state index is 0.692. The topological polar surface area (TPSA) is 0 Å². The Hall–Kier alpha value is -0.0100. The molecule has 2 rings (SSSR count). The van der Waals surface area contributed by atoms with Crippen LogP contribution in [0.5, 0.6) is 0 Å². The van der Waals surface area contributed by atoms with Crippen LogP contribution in [0.4, 0.5) is 0 Å². The van der Waals surface area contributed by atoms with Crippen LogP contribution in [0.1, 0.15) is 28.2 Å². The minimum Gasteiger partial charge on any atom is -0.144 e. The first-order chi connectivity index (χ1) is 5.40. The van der Waals surface area contributed by atoms with Crippen LogP contribution in [-0.4, -0.2) is 0 Å². The highest BCUT2D eigenvalue weighted by Gasteiger charge is 2.12. The van der Waals surface area contributed by atoms with Crippen molar-refractivity contribution in [1.82, 2.24) is 0 Å². The molecule has 0 saturated carbocycles. The van der Waals surface area contributed by atoms with Gasteiger partial charge in [0.1, 0.15) is 0 Å². The maximum atomic E-state index is 5.76. The standard InChI is InChI=1S/C9H11ClS/c10-6-8-5-7-3-1-2-4-9(7)11-8/h5H,1-4,6H2. The molecule has 0 bridgehead atoms. The van der Waals surface area contributed by atoms with E-state index in [4.69, 9.17) is 11.6 Å². The number of alkyl halides is 1. The number of fused-ring (bicyclic) bond motifs is 1. The van der Waals surface area contributed by atoms with E-state index in [0.717, 1.165) is 0 Å². The van der Waals surface area contributed by atoms with E-state index in [1.807, 2.05) is 11.3 Å². The van der Waals surface area contributed by atoms with Gasteiger partial charge in [0.25, 0.3) is 0 Å². The molecule has 0 aliphatic heterocycles. The molecule has 0 saturated heterocycles. The number of halogens is 1. The molecule has 0 nitrogen and oxygen atoms in total. The zero-order chi connectivity index (χ0) is 7.68. The van der Waals surface area contributed by atoms with Gasteiger partial charge in [-0.1, -0.05) is 0 Å². The smallest absolute Gasteiger partial charge is 0.0568 e. The summed E-state index contributed by atoms with van der Waals surface area (Å²) in [5, 5.41) is 0. The fourth-order valence-electron chi connectivity index (χ4n) is 1.62. The average Bonchev–Trinajstić information content (AvgIpc) is 2.46. The second kappa shape index (κ2) is 3.16. The molecule has 1 aliphatic rings. The maximum absolute atomic E-state index is 5.76. The van der Waals surface area contributed by atoms with E-state index in [-0.39, 0.29) is 0 Å². The van der Waals surface area contributed by atoms with E-state index in [9.17, 15) is 0 Å². The molecule has 0 aromatic carbocycles. The lowest BCUT2D eigenvalue weighted by atomic mass is 9.99. The summed E-state index contributed by atoms with van der Waals surface area (Å²) in [6, 6.07) is 2.28. The fourth-order valence-corrected chi connectivity index (χ4v) is 2.97. The Morgan fingerprint density at radius 3 is 2.91 bits per heavy atom. The van der Waals surface area contributed by atoms with E-state index in [1.165, 1.54) is 30.6 Å². The van der Waals surface area contributed by atoms with Crippen LogP contribution in [0.2, 0.25) is 0 Å². The Labute approximate surface area is 76.2 Å². The first-order valence-corrected chi connectivity index (χ1v) is 5.41. The first kappa shape index (κ1) is 7.63. The number of aryl methyl sites for hydroxylation is 2. The molecule has 0 atom stereocenters. The van der Waals surface area contributed by atoms with E-state index < -0.39 is 0 Å². The average molecular weight is 187 g/mol. The SMILES string of the molecule is ClCc1cc2c(s1)CCCC2. The van der Waals surface area contributed by atoms with Gasteiger partial charge in [-0.15, -0.1) is 22.9 Å². The normalized spacial score (nSPS) is 16.5. The van der Waals surface area contributed by atoms with Gasteiger partial charge in [0.05, 0.1) is 5.88 Å².